The molecule has 29 heavy (non-hydrogen) atoms. The van der Waals surface area contributed by atoms with Crippen molar-refractivity contribution in [1.29, 1.82) is 0 Å². The first-order valence-electron chi connectivity index (χ1n) is 12.1. The van der Waals surface area contributed by atoms with Crippen molar-refractivity contribution in [3.63, 3.8) is 0 Å². The minimum atomic E-state index is -0.0966. The minimum Gasteiger partial charge on any atom is -0.207 e. The van der Waals surface area contributed by atoms with Crippen molar-refractivity contribution in [2.75, 3.05) is 0 Å². The zero-order valence-corrected chi connectivity index (χ0v) is 18.1. The lowest BCUT2D eigenvalue weighted by atomic mass is 9.76. The fraction of sp³-hybridized carbons (Fsp3) is 0.571. The molecular formula is C28H37F. The topological polar surface area (TPSA) is 0 Å². The lowest BCUT2D eigenvalue weighted by molar-refractivity contribution is 0.302. The Morgan fingerprint density at radius 2 is 1.48 bits per heavy atom. The lowest BCUT2D eigenvalue weighted by Gasteiger charge is -2.29. The SMILES string of the molecule is CCCCCCC1CCC(c2ccc(C3CCc4ccc(F)cc4C3)cc2)CC1. The second-order valence-corrected chi connectivity index (χ2v) is 9.59. The molecule has 156 valence electrons. The van der Waals surface area contributed by atoms with Crippen molar-refractivity contribution in [3.8, 4) is 0 Å². The number of unbranched alkanes of at least 4 members (excludes halogenated alkanes) is 3. The van der Waals surface area contributed by atoms with Crippen molar-refractivity contribution >= 4 is 0 Å². The fourth-order valence-electron chi connectivity index (χ4n) is 5.69. The van der Waals surface area contributed by atoms with Crippen molar-refractivity contribution in [2.24, 2.45) is 5.92 Å². The van der Waals surface area contributed by atoms with Gasteiger partial charge in [-0.15, -0.1) is 0 Å². The van der Waals surface area contributed by atoms with Crippen LogP contribution in [0.4, 0.5) is 4.39 Å². The maximum atomic E-state index is 13.6. The number of hydrogen-bond acceptors (Lipinski definition) is 0. The van der Waals surface area contributed by atoms with E-state index >= 15 is 0 Å². The Bertz CT molecular complexity index is 767. The third-order valence-corrected chi connectivity index (χ3v) is 7.59. The van der Waals surface area contributed by atoms with Crippen LogP contribution in [0.1, 0.15) is 105 Å². The highest BCUT2D eigenvalue weighted by atomic mass is 19.1. The van der Waals surface area contributed by atoms with Crippen molar-refractivity contribution in [1.82, 2.24) is 0 Å². The van der Waals surface area contributed by atoms with E-state index in [1.54, 1.807) is 17.7 Å². The summed E-state index contributed by atoms with van der Waals surface area (Å²) in [5.74, 6) is 2.18. The number of fused-ring (bicyclic) bond motifs is 1. The molecule has 0 radical (unpaired) electrons. The van der Waals surface area contributed by atoms with E-state index in [-0.39, 0.29) is 5.82 Å². The number of benzene rings is 2. The molecule has 2 aliphatic rings. The monoisotopic (exact) mass is 392 g/mol. The lowest BCUT2D eigenvalue weighted by Crippen LogP contribution is -2.14. The van der Waals surface area contributed by atoms with Gasteiger partial charge < -0.3 is 0 Å². The van der Waals surface area contributed by atoms with E-state index in [1.165, 1.54) is 80.9 Å². The first-order chi connectivity index (χ1) is 14.2. The van der Waals surface area contributed by atoms with Gasteiger partial charge >= 0.3 is 0 Å². The molecule has 1 heteroatoms. The molecule has 4 rings (SSSR count). The van der Waals surface area contributed by atoms with E-state index < -0.39 is 0 Å². The summed E-state index contributed by atoms with van der Waals surface area (Å²) in [6, 6.07) is 14.8. The Labute approximate surface area is 176 Å². The van der Waals surface area contributed by atoms with Gasteiger partial charge in [-0.1, -0.05) is 69.4 Å². The van der Waals surface area contributed by atoms with E-state index in [2.05, 4.69) is 31.2 Å². The highest BCUT2D eigenvalue weighted by Gasteiger charge is 2.23. The summed E-state index contributed by atoms with van der Waals surface area (Å²) in [7, 11) is 0. The molecule has 0 heterocycles. The van der Waals surface area contributed by atoms with Crippen LogP contribution < -0.4 is 0 Å². The van der Waals surface area contributed by atoms with Crippen LogP contribution in [0.25, 0.3) is 0 Å². The molecule has 0 amide bonds. The number of halogens is 1. The Morgan fingerprint density at radius 1 is 0.759 bits per heavy atom. The van der Waals surface area contributed by atoms with Gasteiger partial charge in [0.25, 0.3) is 0 Å². The molecule has 0 nitrogen and oxygen atoms in total. The van der Waals surface area contributed by atoms with Gasteiger partial charge in [-0.25, -0.2) is 4.39 Å². The average molecular weight is 393 g/mol. The first-order valence-corrected chi connectivity index (χ1v) is 12.1. The molecule has 1 fully saturated rings. The van der Waals surface area contributed by atoms with Crippen LogP contribution in [0, 0.1) is 11.7 Å². The van der Waals surface area contributed by atoms with Gasteiger partial charge in [-0.3, -0.25) is 0 Å². The second kappa shape index (κ2) is 9.92. The molecule has 0 aromatic heterocycles. The highest BCUT2D eigenvalue weighted by Crippen LogP contribution is 2.39. The van der Waals surface area contributed by atoms with Gasteiger partial charge in [0.1, 0.15) is 5.82 Å². The van der Waals surface area contributed by atoms with Crippen molar-refractivity contribution in [2.45, 2.75) is 95.8 Å². The Kier molecular flexibility index (Phi) is 7.06. The zero-order chi connectivity index (χ0) is 20.1. The molecule has 2 aromatic rings. The van der Waals surface area contributed by atoms with Crippen LogP contribution in [0.15, 0.2) is 42.5 Å². The summed E-state index contributed by atoms with van der Waals surface area (Å²) in [4.78, 5) is 0. The normalized spacial score (nSPS) is 24.3. The molecule has 0 bridgehead atoms. The fourth-order valence-corrected chi connectivity index (χ4v) is 5.69. The van der Waals surface area contributed by atoms with Gasteiger partial charge in [-0.05, 0) is 97.1 Å². The maximum absolute atomic E-state index is 13.6. The molecule has 0 aliphatic heterocycles. The van der Waals surface area contributed by atoms with Crippen molar-refractivity contribution < 1.29 is 4.39 Å². The average Bonchev–Trinajstić information content (AvgIpc) is 2.77. The van der Waals surface area contributed by atoms with E-state index in [1.807, 2.05) is 6.07 Å². The van der Waals surface area contributed by atoms with E-state index in [0.717, 1.165) is 24.7 Å². The van der Waals surface area contributed by atoms with Crippen LogP contribution >= 0.6 is 0 Å². The molecule has 1 unspecified atom stereocenters. The standard InChI is InChI=1S/C28H37F/c1-2-3-4-5-6-21-7-9-22(10-8-21)23-11-13-24(14-12-23)26-16-15-25-17-18-28(29)20-27(25)19-26/h11-14,17-18,20-22,26H,2-10,15-16,19H2,1H3. The summed E-state index contributed by atoms with van der Waals surface area (Å²) in [6.45, 7) is 2.30. The summed E-state index contributed by atoms with van der Waals surface area (Å²) < 4.78 is 13.6. The van der Waals surface area contributed by atoms with Gasteiger partial charge in [0, 0.05) is 0 Å². The summed E-state index contributed by atoms with van der Waals surface area (Å²) in [5.41, 5.74) is 5.53. The Hall–Kier alpha value is -1.63. The summed E-state index contributed by atoms with van der Waals surface area (Å²) >= 11 is 0. The van der Waals surface area contributed by atoms with Crippen LogP contribution in [0.2, 0.25) is 0 Å². The minimum absolute atomic E-state index is 0.0966. The first kappa shape index (κ1) is 20.6. The number of rotatable bonds is 7. The van der Waals surface area contributed by atoms with Crippen LogP contribution in [-0.4, -0.2) is 0 Å². The number of hydrogen-bond donors (Lipinski definition) is 0. The van der Waals surface area contributed by atoms with E-state index in [0.29, 0.717) is 5.92 Å². The molecule has 0 N–H and O–H groups in total. The Balaban J connectivity index is 1.30. The van der Waals surface area contributed by atoms with Gasteiger partial charge in [-0.2, -0.15) is 0 Å². The quantitative estimate of drug-likeness (QED) is 0.415. The molecule has 2 aromatic carbocycles. The van der Waals surface area contributed by atoms with Crippen molar-refractivity contribution in [3.05, 3.63) is 70.5 Å². The largest absolute Gasteiger partial charge is 0.207 e. The molecule has 1 atom stereocenters. The molecule has 1 saturated carbocycles. The van der Waals surface area contributed by atoms with Crippen LogP contribution in [0.5, 0.6) is 0 Å². The van der Waals surface area contributed by atoms with Crippen LogP contribution in [-0.2, 0) is 12.8 Å². The smallest absolute Gasteiger partial charge is 0.123 e. The van der Waals surface area contributed by atoms with E-state index in [4.69, 9.17) is 0 Å². The maximum Gasteiger partial charge on any atom is 0.123 e. The van der Waals surface area contributed by atoms with Crippen LogP contribution in [0.3, 0.4) is 0 Å². The predicted molar refractivity (Wildman–Crippen MR) is 121 cm³/mol. The molecule has 0 saturated heterocycles. The van der Waals surface area contributed by atoms with Gasteiger partial charge in [0.2, 0.25) is 0 Å². The molecular weight excluding hydrogens is 355 g/mol. The zero-order valence-electron chi connectivity index (χ0n) is 18.1. The predicted octanol–water partition coefficient (Wildman–Crippen LogP) is 8.34. The highest BCUT2D eigenvalue weighted by molar-refractivity contribution is 5.35. The second-order valence-electron chi connectivity index (χ2n) is 9.59. The third-order valence-electron chi connectivity index (χ3n) is 7.59. The van der Waals surface area contributed by atoms with Gasteiger partial charge in [0.15, 0.2) is 0 Å². The Morgan fingerprint density at radius 3 is 2.21 bits per heavy atom. The van der Waals surface area contributed by atoms with E-state index in [9.17, 15) is 4.39 Å². The molecule has 2 aliphatic carbocycles. The molecule has 0 spiro atoms. The third kappa shape index (κ3) is 5.30. The van der Waals surface area contributed by atoms with Gasteiger partial charge in [0.05, 0.1) is 0 Å². The number of aryl methyl sites for hydroxylation is 1. The summed E-state index contributed by atoms with van der Waals surface area (Å²) in [5, 5.41) is 0. The summed E-state index contributed by atoms with van der Waals surface area (Å²) in [6.07, 6.45) is 15.9.